The Morgan fingerprint density at radius 3 is 2.68 bits per heavy atom. The SMILES string of the molecule is CN(Cc1nc2c(s1)CCCC2)C(=O)C1CCC(N)C1.Cl.Cl. The molecule has 1 fully saturated rings. The fraction of sp³-hybridized carbons (Fsp3) is 0.733. The molecule has 0 spiro atoms. The molecule has 0 bridgehead atoms. The van der Waals surface area contributed by atoms with Gasteiger partial charge in [0, 0.05) is 23.9 Å². The summed E-state index contributed by atoms with van der Waals surface area (Å²) in [6.45, 7) is 0.655. The van der Waals surface area contributed by atoms with Crippen LogP contribution in [0.1, 0.15) is 47.7 Å². The van der Waals surface area contributed by atoms with Crippen molar-refractivity contribution < 1.29 is 4.79 Å². The predicted molar refractivity (Wildman–Crippen MR) is 95.0 cm³/mol. The highest BCUT2D eigenvalue weighted by Crippen LogP contribution is 2.29. The zero-order chi connectivity index (χ0) is 14.1. The predicted octanol–water partition coefficient (Wildman–Crippen LogP) is 2.95. The molecule has 1 aromatic heterocycles. The lowest BCUT2D eigenvalue weighted by Gasteiger charge is -2.19. The summed E-state index contributed by atoms with van der Waals surface area (Å²) < 4.78 is 0. The second kappa shape index (κ2) is 8.48. The minimum absolute atomic E-state index is 0. The van der Waals surface area contributed by atoms with Gasteiger partial charge in [-0.2, -0.15) is 0 Å². The maximum Gasteiger partial charge on any atom is 0.225 e. The van der Waals surface area contributed by atoms with E-state index in [1.54, 1.807) is 11.3 Å². The first-order valence-electron chi connectivity index (χ1n) is 7.61. The average Bonchev–Trinajstić information content (AvgIpc) is 3.03. The third-order valence-corrected chi connectivity index (χ3v) is 5.60. The van der Waals surface area contributed by atoms with Crippen molar-refractivity contribution in [2.75, 3.05) is 7.05 Å². The number of carbonyl (C=O) groups excluding carboxylic acids is 1. The van der Waals surface area contributed by atoms with Gasteiger partial charge in [-0.25, -0.2) is 4.98 Å². The molecule has 4 nitrogen and oxygen atoms in total. The molecule has 2 atom stereocenters. The van der Waals surface area contributed by atoms with Crippen molar-refractivity contribution in [2.45, 2.75) is 57.5 Å². The molecule has 1 heterocycles. The molecule has 22 heavy (non-hydrogen) atoms. The zero-order valence-electron chi connectivity index (χ0n) is 12.9. The van der Waals surface area contributed by atoms with Gasteiger partial charge in [0.1, 0.15) is 5.01 Å². The summed E-state index contributed by atoms with van der Waals surface area (Å²) in [6, 6.07) is 0.213. The van der Waals surface area contributed by atoms with E-state index in [1.165, 1.54) is 29.8 Å². The normalized spacial score (nSPS) is 23.2. The molecule has 2 aliphatic carbocycles. The largest absolute Gasteiger partial charge is 0.339 e. The molecule has 3 rings (SSSR count). The molecule has 2 N–H and O–H groups in total. The van der Waals surface area contributed by atoms with Crippen LogP contribution in [0.2, 0.25) is 0 Å². The number of aromatic nitrogens is 1. The Hall–Kier alpha value is -0.360. The molecule has 0 radical (unpaired) electrons. The Morgan fingerprint density at radius 1 is 1.32 bits per heavy atom. The molecular formula is C15H25Cl2N3OS. The molecule has 1 amide bonds. The highest BCUT2D eigenvalue weighted by Gasteiger charge is 2.30. The number of nitrogens with two attached hydrogens (primary N) is 1. The van der Waals surface area contributed by atoms with E-state index in [-0.39, 0.29) is 42.7 Å². The first-order valence-corrected chi connectivity index (χ1v) is 8.43. The molecule has 0 aliphatic heterocycles. The minimum Gasteiger partial charge on any atom is -0.339 e. The summed E-state index contributed by atoms with van der Waals surface area (Å²) in [5.41, 5.74) is 7.18. The van der Waals surface area contributed by atoms with Crippen LogP contribution in [0.15, 0.2) is 0 Å². The Morgan fingerprint density at radius 2 is 2.05 bits per heavy atom. The van der Waals surface area contributed by atoms with Crippen molar-refractivity contribution in [1.29, 1.82) is 0 Å². The third-order valence-electron chi connectivity index (χ3n) is 4.46. The van der Waals surface area contributed by atoms with Crippen LogP contribution in [-0.4, -0.2) is 28.9 Å². The fourth-order valence-electron chi connectivity index (χ4n) is 3.31. The number of nitrogens with zero attached hydrogens (tertiary/aromatic N) is 2. The van der Waals surface area contributed by atoms with Gasteiger partial charge in [-0.15, -0.1) is 36.2 Å². The molecule has 0 aromatic carbocycles. The van der Waals surface area contributed by atoms with Crippen LogP contribution in [0.3, 0.4) is 0 Å². The Kier molecular flexibility index (Phi) is 7.59. The zero-order valence-corrected chi connectivity index (χ0v) is 15.4. The number of hydrogen-bond donors (Lipinski definition) is 1. The van der Waals surface area contributed by atoms with Gasteiger partial charge in [0.25, 0.3) is 0 Å². The Bertz CT molecular complexity index is 485. The van der Waals surface area contributed by atoms with Crippen LogP contribution in [-0.2, 0) is 24.2 Å². The van der Waals surface area contributed by atoms with Crippen molar-refractivity contribution in [3.05, 3.63) is 15.6 Å². The van der Waals surface area contributed by atoms with Crippen molar-refractivity contribution in [3.63, 3.8) is 0 Å². The lowest BCUT2D eigenvalue weighted by atomic mass is 10.0. The van der Waals surface area contributed by atoms with Crippen LogP contribution in [0.5, 0.6) is 0 Å². The Labute approximate surface area is 148 Å². The van der Waals surface area contributed by atoms with Crippen molar-refractivity contribution in [2.24, 2.45) is 11.7 Å². The van der Waals surface area contributed by atoms with E-state index in [1.807, 2.05) is 11.9 Å². The topological polar surface area (TPSA) is 59.2 Å². The maximum absolute atomic E-state index is 12.4. The van der Waals surface area contributed by atoms with E-state index < -0.39 is 0 Å². The number of fused-ring (bicyclic) bond motifs is 1. The van der Waals surface area contributed by atoms with Crippen molar-refractivity contribution >= 4 is 42.1 Å². The van der Waals surface area contributed by atoms with Gasteiger partial charge < -0.3 is 10.6 Å². The first-order chi connectivity index (χ1) is 9.63. The van der Waals surface area contributed by atoms with Crippen molar-refractivity contribution in [3.8, 4) is 0 Å². The maximum atomic E-state index is 12.4. The van der Waals surface area contributed by atoms with Crippen LogP contribution < -0.4 is 5.73 Å². The number of carbonyl (C=O) groups is 1. The molecular weight excluding hydrogens is 341 g/mol. The van der Waals surface area contributed by atoms with E-state index >= 15 is 0 Å². The molecule has 2 aliphatic rings. The van der Waals surface area contributed by atoms with Gasteiger partial charge in [0.05, 0.1) is 12.2 Å². The molecule has 1 aromatic rings. The number of hydrogen-bond acceptors (Lipinski definition) is 4. The van der Waals surface area contributed by atoms with E-state index in [2.05, 4.69) is 0 Å². The highest BCUT2D eigenvalue weighted by molar-refractivity contribution is 7.11. The van der Waals surface area contributed by atoms with Gasteiger partial charge in [0.2, 0.25) is 5.91 Å². The van der Waals surface area contributed by atoms with Crippen LogP contribution in [0, 0.1) is 5.92 Å². The monoisotopic (exact) mass is 365 g/mol. The second-order valence-electron chi connectivity index (χ2n) is 6.15. The van der Waals surface area contributed by atoms with E-state index in [0.29, 0.717) is 6.54 Å². The van der Waals surface area contributed by atoms with Gasteiger partial charge in [-0.1, -0.05) is 0 Å². The van der Waals surface area contributed by atoms with Gasteiger partial charge >= 0.3 is 0 Å². The number of amides is 1. The summed E-state index contributed by atoms with van der Waals surface area (Å²) in [6.07, 6.45) is 7.59. The Balaban J connectivity index is 0.00000121. The first kappa shape index (κ1) is 19.7. The molecule has 2 unspecified atom stereocenters. The molecule has 7 heteroatoms. The molecule has 1 saturated carbocycles. The van der Waals surface area contributed by atoms with E-state index in [0.717, 1.165) is 30.7 Å². The van der Waals surface area contributed by atoms with Gasteiger partial charge in [-0.3, -0.25) is 4.79 Å². The summed E-state index contributed by atoms with van der Waals surface area (Å²) >= 11 is 1.79. The van der Waals surface area contributed by atoms with E-state index in [4.69, 9.17) is 10.7 Å². The van der Waals surface area contributed by atoms with Gasteiger partial charge in [0.15, 0.2) is 0 Å². The fourth-order valence-corrected chi connectivity index (χ4v) is 4.52. The molecule has 0 saturated heterocycles. The van der Waals surface area contributed by atoms with Gasteiger partial charge in [-0.05, 0) is 44.9 Å². The smallest absolute Gasteiger partial charge is 0.225 e. The van der Waals surface area contributed by atoms with Crippen LogP contribution >= 0.6 is 36.2 Å². The summed E-state index contributed by atoms with van der Waals surface area (Å²) in [5.74, 6) is 0.371. The summed E-state index contributed by atoms with van der Waals surface area (Å²) in [4.78, 5) is 20.4. The summed E-state index contributed by atoms with van der Waals surface area (Å²) in [5, 5.41) is 1.09. The lowest BCUT2D eigenvalue weighted by molar-refractivity contribution is -0.134. The molecule has 126 valence electrons. The highest BCUT2D eigenvalue weighted by atomic mass is 35.5. The number of thiazole rings is 1. The standard InChI is InChI=1S/C15H23N3OS.2ClH/c1-18(15(19)10-6-7-11(16)8-10)9-14-17-12-4-2-3-5-13(12)20-14;;/h10-11H,2-9,16H2,1H3;2*1H. The number of aryl methyl sites for hydroxylation is 2. The minimum atomic E-state index is 0. The number of rotatable bonds is 3. The van der Waals surface area contributed by atoms with Crippen LogP contribution in [0.4, 0.5) is 0 Å². The lowest BCUT2D eigenvalue weighted by Crippen LogP contribution is -2.32. The second-order valence-corrected chi connectivity index (χ2v) is 7.32. The third kappa shape index (κ3) is 4.34. The van der Waals surface area contributed by atoms with E-state index in [9.17, 15) is 4.79 Å². The van der Waals surface area contributed by atoms with Crippen LogP contribution in [0.25, 0.3) is 0 Å². The quantitative estimate of drug-likeness (QED) is 0.895. The van der Waals surface area contributed by atoms with Crippen molar-refractivity contribution in [1.82, 2.24) is 9.88 Å². The average molecular weight is 366 g/mol. The summed E-state index contributed by atoms with van der Waals surface area (Å²) in [7, 11) is 1.90. The number of halogens is 2.